The topological polar surface area (TPSA) is 39.7 Å². The van der Waals surface area contributed by atoms with Gasteiger partial charge in [0.05, 0.1) is 0 Å². The lowest BCUT2D eigenvalue weighted by Crippen LogP contribution is -2.40. The minimum Gasteiger partial charge on any atom is -0.356 e. The maximum atomic E-state index is 12.8. The molecule has 7 heteroatoms. The van der Waals surface area contributed by atoms with Crippen molar-refractivity contribution in [1.82, 2.24) is 15.5 Å². The predicted molar refractivity (Wildman–Crippen MR) is 112 cm³/mol. The van der Waals surface area contributed by atoms with E-state index < -0.39 is 0 Å². The number of rotatable bonds is 7. The van der Waals surface area contributed by atoms with Gasteiger partial charge in [0.15, 0.2) is 5.96 Å². The zero-order valence-corrected chi connectivity index (χ0v) is 17.6. The molecule has 0 aromatic heterocycles. The molecule has 0 spiro atoms. The van der Waals surface area contributed by atoms with E-state index in [1.807, 2.05) is 19.2 Å². The Hall–Kier alpha value is -0.540. The molecule has 136 valence electrons. The summed E-state index contributed by atoms with van der Waals surface area (Å²) in [4.78, 5) is 7.75. The third kappa shape index (κ3) is 8.02. The average Bonchev–Trinajstić information content (AvgIpc) is 2.97. The third-order valence-corrected chi connectivity index (χ3v) is 5.06. The summed E-state index contributed by atoms with van der Waals surface area (Å²) < 4.78 is 12.8. The van der Waals surface area contributed by atoms with E-state index >= 15 is 0 Å². The fourth-order valence-electron chi connectivity index (χ4n) is 2.65. The molecule has 0 amide bonds. The smallest absolute Gasteiger partial charge is 0.190 e. The first-order valence-electron chi connectivity index (χ1n) is 8.19. The van der Waals surface area contributed by atoms with Crippen molar-refractivity contribution in [3.63, 3.8) is 0 Å². The maximum absolute atomic E-state index is 12.8. The van der Waals surface area contributed by atoms with Gasteiger partial charge >= 0.3 is 0 Å². The number of thioether (sulfide) groups is 1. The van der Waals surface area contributed by atoms with Crippen molar-refractivity contribution in [1.29, 1.82) is 0 Å². The first-order valence-corrected chi connectivity index (χ1v) is 9.17. The van der Waals surface area contributed by atoms with Crippen molar-refractivity contribution in [3.8, 4) is 0 Å². The van der Waals surface area contributed by atoms with Crippen LogP contribution in [-0.4, -0.2) is 56.9 Å². The van der Waals surface area contributed by atoms with Crippen LogP contribution in [0, 0.1) is 11.7 Å². The lowest BCUT2D eigenvalue weighted by Gasteiger charge is -2.15. The van der Waals surface area contributed by atoms with Crippen LogP contribution < -0.4 is 10.6 Å². The number of hydrogen-bond donors (Lipinski definition) is 2. The molecule has 1 aliphatic heterocycles. The van der Waals surface area contributed by atoms with Crippen molar-refractivity contribution < 1.29 is 4.39 Å². The van der Waals surface area contributed by atoms with Gasteiger partial charge in [-0.05, 0) is 62.4 Å². The van der Waals surface area contributed by atoms with E-state index in [0.717, 1.165) is 42.7 Å². The SMILES string of the molecule is CN=C(NCCCSc1ccc(F)cc1)NCC1CCN(C)C1.I. The van der Waals surface area contributed by atoms with Crippen LogP contribution in [0.4, 0.5) is 4.39 Å². The maximum Gasteiger partial charge on any atom is 0.190 e. The van der Waals surface area contributed by atoms with Gasteiger partial charge in [-0.3, -0.25) is 4.99 Å². The molecule has 1 aromatic carbocycles. The van der Waals surface area contributed by atoms with Crippen LogP contribution in [0.3, 0.4) is 0 Å². The molecule has 2 rings (SSSR count). The average molecular weight is 466 g/mol. The van der Waals surface area contributed by atoms with Gasteiger partial charge in [-0.25, -0.2) is 4.39 Å². The molecule has 0 saturated carbocycles. The monoisotopic (exact) mass is 466 g/mol. The van der Waals surface area contributed by atoms with Crippen molar-refractivity contribution in [3.05, 3.63) is 30.1 Å². The summed E-state index contributed by atoms with van der Waals surface area (Å²) in [7, 11) is 3.98. The highest BCUT2D eigenvalue weighted by molar-refractivity contribution is 14.0. The quantitative estimate of drug-likeness (QED) is 0.213. The molecule has 2 N–H and O–H groups in total. The Morgan fingerprint density at radius 3 is 2.71 bits per heavy atom. The second-order valence-electron chi connectivity index (χ2n) is 5.95. The molecule has 1 heterocycles. The van der Waals surface area contributed by atoms with E-state index in [-0.39, 0.29) is 29.8 Å². The largest absolute Gasteiger partial charge is 0.356 e. The Labute approximate surface area is 166 Å². The lowest BCUT2D eigenvalue weighted by atomic mass is 10.1. The Morgan fingerprint density at radius 1 is 1.33 bits per heavy atom. The van der Waals surface area contributed by atoms with Crippen LogP contribution in [0.5, 0.6) is 0 Å². The molecule has 1 unspecified atom stereocenters. The molecule has 4 nitrogen and oxygen atoms in total. The normalized spacial score (nSPS) is 18.3. The van der Waals surface area contributed by atoms with E-state index in [4.69, 9.17) is 0 Å². The number of likely N-dealkylation sites (tertiary alicyclic amines) is 1. The summed E-state index contributed by atoms with van der Waals surface area (Å²) in [5.74, 6) is 2.42. The summed E-state index contributed by atoms with van der Waals surface area (Å²) in [6, 6.07) is 6.67. The van der Waals surface area contributed by atoms with Crippen molar-refractivity contribution in [2.24, 2.45) is 10.9 Å². The van der Waals surface area contributed by atoms with Crippen LogP contribution in [0.15, 0.2) is 34.2 Å². The minimum atomic E-state index is -0.181. The van der Waals surface area contributed by atoms with Crippen molar-refractivity contribution in [2.45, 2.75) is 17.7 Å². The molecule has 1 aromatic rings. The Balaban J connectivity index is 0.00000288. The first-order chi connectivity index (χ1) is 11.2. The summed E-state index contributed by atoms with van der Waals surface area (Å²) in [6.45, 7) is 4.23. The van der Waals surface area contributed by atoms with E-state index in [2.05, 4.69) is 27.6 Å². The molecule has 0 bridgehead atoms. The Morgan fingerprint density at radius 2 is 2.08 bits per heavy atom. The number of hydrogen-bond acceptors (Lipinski definition) is 3. The molecular formula is C17H28FIN4S. The molecule has 0 aliphatic carbocycles. The van der Waals surface area contributed by atoms with Crippen LogP contribution >= 0.6 is 35.7 Å². The van der Waals surface area contributed by atoms with E-state index in [1.54, 1.807) is 11.8 Å². The fourth-order valence-corrected chi connectivity index (χ4v) is 3.51. The van der Waals surface area contributed by atoms with E-state index in [0.29, 0.717) is 5.92 Å². The van der Waals surface area contributed by atoms with Crippen molar-refractivity contribution >= 4 is 41.7 Å². The van der Waals surface area contributed by atoms with Gasteiger partial charge in [-0.1, -0.05) is 0 Å². The number of benzene rings is 1. The molecule has 1 fully saturated rings. The summed E-state index contributed by atoms with van der Waals surface area (Å²) in [5, 5.41) is 6.76. The van der Waals surface area contributed by atoms with Crippen LogP contribution in [0.25, 0.3) is 0 Å². The summed E-state index contributed by atoms with van der Waals surface area (Å²) >= 11 is 1.75. The fraction of sp³-hybridized carbons (Fsp3) is 0.588. The summed E-state index contributed by atoms with van der Waals surface area (Å²) in [6.07, 6.45) is 2.30. The highest BCUT2D eigenvalue weighted by atomic mass is 127. The summed E-state index contributed by atoms with van der Waals surface area (Å²) in [5.41, 5.74) is 0. The lowest BCUT2D eigenvalue weighted by molar-refractivity contribution is 0.394. The number of guanidine groups is 1. The molecular weight excluding hydrogens is 438 g/mol. The number of nitrogens with zero attached hydrogens (tertiary/aromatic N) is 2. The molecule has 1 saturated heterocycles. The third-order valence-electron chi connectivity index (χ3n) is 3.97. The predicted octanol–water partition coefficient (Wildman–Crippen LogP) is 3.04. The minimum absolute atomic E-state index is 0. The van der Waals surface area contributed by atoms with Gasteiger partial charge in [0, 0.05) is 31.6 Å². The van der Waals surface area contributed by atoms with Gasteiger partial charge in [0.25, 0.3) is 0 Å². The molecule has 1 atom stereocenters. The van der Waals surface area contributed by atoms with Gasteiger partial charge in [0.2, 0.25) is 0 Å². The number of nitrogens with one attached hydrogen (secondary N) is 2. The van der Waals surface area contributed by atoms with Crippen LogP contribution in [0.2, 0.25) is 0 Å². The standard InChI is InChI=1S/C17H27FN4S.HI/c1-19-17(21-12-14-8-10-22(2)13-14)20-9-3-11-23-16-6-4-15(18)5-7-16;/h4-7,14H,3,8-13H2,1-2H3,(H2,19,20,21);1H. The Kier molecular flexibility index (Phi) is 10.7. The zero-order chi connectivity index (χ0) is 16.5. The molecule has 0 radical (unpaired) electrons. The highest BCUT2D eigenvalue weighted by Crippen LogP contribution is 2.18. The molecule has 1 aliphatic rings. The van der Waals surface area contributed by atoms with E-state index in [9.17, 15) is 4.39 Å². The van der Waals surface area contributed by atoms with Crippen LogP contribution in [0.1, 0.15) is 12.8 Å². The number of halogens is 2. The van der Waals surface area contributed by atoms with Crippen LogP contribution in [-0.2, 0) is 0 Å². The van der Waals surface area contributed by atoms with Gasteiger partial charge in [0.1, 0.15) is 5.82 Å². The first kappa shape index (κ1) is 21.5. The van der Waals surface area contributed by atoms with Gasteiger partial charge in [-0.2, -0.15) is 0 Å². The molecule has 24 heavy (non-hydrogen) atoms. The van der Waals surface area contributed by atoms with Gasteiger partial charge in [-0.15, -0.1) is 35.7 Å². The highest BCUT2D eigenvalue weighted by Gasteiger charge is 2.19. The zero-order valence-electron chi connectivity index (χ0n) is 14.4. The second kappa shape index (κ2) is 11.9. The van der Waals surface area contributed by atoms with Gasteiger partial charge < -0.3 is 15.5 Å². The Bertz CT molecular complexity index is 498. The second-order valence-corrected chi connectivity index (χ2v) is 7.12. The van der Waals surface area contributed by atoms with Crippen molar-refractivity contribution in [2.75, 3.05) is 46.0 Å². The van der Waals surface area contributed by atoms with E-state index in [1.165, 1.54) is 25.1 Å². The number of aliphatic imine (C=N–C) groups is 1.